The van der Waals surface area contributed by atoms with Gasteiger partial charge in [-0.25, -0.2) is 13.2 Å². The van der Waals surface area contributed by atoms with Crippen LogP contribution < -0.4 is 5.32 Å². The third kappa shape index (κ3) is 3.48. The van der Waals surface area contributed by atoms with Crippen LogP contribution in [0.2, 0.25) is 0 Å². The molecule has 1 saturated heterocycles. The molecule has 1 fully saturated rings. The second-order valence-electron chi connectivity index (χ2n) is 4.68. The van der Waals surface area contributed by atoms with Crippen LogP contribution in [0.4, 0.5) is 13.2 Å². The first-order chi connectivity index (χ1) is 9.65. The van der Waals surface area contributed by atoms with E-state index >= 15 is 0 Å². The van der Waals surface area contributed by atoms with E-state index in [1.54, 1.807) is 11.8 Å². The smallest absolute Gasteiger partial charge is 0.194 e. The predicted molar refractivity (Wildman–Crippen MR) is 74.4 cm³/mol. The largest absolute Gasteiger partial charge is 0.375 e. The molecule has 2 nitrogen and oxygen atoms in total. The lowest BCUT2D eigenvalue weighted by Crippen LogP contribution is -2.39. The van der Waals surface area contributed by atoms with Crippen LogP contribution in [0, 0.1) is 17.5 Å². The van der Waals surface area contributed by atoms with Gasteiger partial charge in [0, 0.05) is 17.1 Å². The molecular formula is C14H18F3NOS. The number of hydrogen-bond acceptors (Lipinski definition) is 3. The Hall–Kier alpha value is -0.720. The molecule has 1 aliphatic heterocycles. The van der Waals surface area contributed by atoms with Crippen LogP contribution in [0.25, 0.3) is 0 Å². The maximum atomic E-state index is 14.0. The van der Waals surface area contributed by atoms with Gasteiger partial charge in [-0.05, 0) is 19.0 Å². The number of rotatable bonds is 5. The molecular weight excluding hydrogens is 287 g/mol. The van der Waals surface area contributed by atoms with Gasteiger partial charge >= 0.3 is 0 Å². The highest BCUT2D eigenvalue weighted by molar-refractivity contribution is 7.99. The summed E-state index contributed by atoms with van der Waals surface area (Å²) in [6.45, 7) is 3.24. The van der Waals surface area contributed by atoms with Crippen LogP contribution in [-0.4, -0.2) is 30.8 Å². The average Bonchev–Trinajstić information content (AvgIpc) is 2.48. The monoisotopic (exact) mass is 305 g/mol. The van der Waals surface area contributed by atoms with Crippen LogP contribution in [-0.2, 0) is 4.74 Å². The summed E-state index contributed by atoms with van der Waals surface area (Å²) in [5, 5.41) is 3.18. The van der Waals surface area contributed by atoms with E-state index in [1.807, 2.05) is 6.92 Å². The highest BCUT2D eigenvalue weighted by Crippen LogP contribution is 2.29. The summed E-state index contributed by atoms with van der Waals surface area (Å²) in [4.78, 5) is 0. The fraction of sp³-hybridized carbons (Fsp3) is 0.571. The molecule has 0 bridgehead atoms. The Balaban J connectivity index is 2.27. The van der Waals surface area contributed by atoms with Crippen molar-refractivity contribution in [3.8, 4) is 0 Å². The van der Waals surface area contributed by atoms with Crippen LogP contribution in [0.5, 0.6) is 0 Å². The van der Waals surface area contributed by atoms with Crippen LogP contribution in [0.3, 0.4) is 0 Å². The highest BCUT2D eigenvalue weighted by Gasteiger charge is 2.29. The van der Waals surface area contributed by atoms with Crippen molar-refractivity contribution >= 4 is 11.8 Å². The molecule has 1 N–H and O–H groups in total. The van der Waals surface area contributed by atoms with Crippen molar-refractivity contribution in [2.24, 2.45) is 0 Å². The molecule has 2 unspecified atom stereocenters. The Kier molecular flexibility index (Phi) is 5.74. The second-order valence-corrected chi connectivity index (χ2v) is 5.83. The van der Waals surface area contributed by atoms with Crippen molar-refractivity contribution in [2.75, 3.05) is 24.7 Å². The number of benzene rings is 1. The third-order valence-corrected chi connectivity index (χ3v) is 4.25. The molecule has 0 amide bonds. The third-order valence-electron chi connectivity index (χ3n) is 3.23. The molecule has 2 rings (SSSR count). The molecule has 1 aliphatic rings. The van der Waals surface area contributed by atoms with Gasteiger partial charge in [-0.15, -0.1) is 0 Å². The van der Waals surface area contributed by atoms with Gasteiger partial charge < -0.3 is 10.1 Å². The fourth-order valence-electron chi connectivity index (χ4n) is 2.22. The number of nitrogens with one attached hydrogen (secondary N) is 1. The first kappa shape index (κ1) is 15.7. The Morgan fingerprint density at radius 2 is 2.15 bits per heavy atom. The topological polar surface area (TPSA) is 21.3 Å². The molecule has 20 heavy (non-hydrogen) atoms. The minimum absolute atomic E-state index is 0.129. The summed E-state index contributed by atoms with van der Waals surface area (Å²) in [6.07, 6.45) is 0.626. The van der Waals surface area contributed by atoms with Crippen LogP contribution in [0.1, 0.15) is 24.9 Å². The predicted octanol–water partition coefficient (Wildman–Crippen LogP) is 3.28. The van der Waals surface area contributed by atoms with Gasteiger partial charge in [-0.1, -0.05) is 13.0 Å². The average molecular weight is 305 g/mol. The van der Waals surface area contributed by atoms with E-state index in [-0.39, 0.29) is 11.7 Å². The molecule has 0 saturated carbocycles. The van der Waals surface area contributed by atoms with Crippen molar-refractivity contribution in [3.05, 3.63) is 35.1 Å². The minimum atomic E-state index is -1.42. The lowest BCUT2D eigenvalue weighted by molar-refractivity contribution is 0.0456. The molecule has 2 atom stereocenters. The van der Waals surface area contributed by atoms with E-state index in [2.05, 4.69) is 5.32 Å². The van der Waals surface area contributed by atoms with E-state index in [1.165, 1.54) is 6.07 Å². The number of halogens is 3. The molecule has 1 heterocycles. The van der Waals surface area contributed by atoms with E-state index < -0.39 is 23.5 Å². The minimum Gasteiger partial charge on any atom is -0.375 e. The molecule has 6 heteroatoms. The fourth-order valence-corrected chi connectivity index (χ4v) is 3.12. The van der Waals surface area contributed by atoms with Crippen LogP contribution >= 0.6 is 11.8 Å². The number of hydrogen-bond donors (Lipinski definition) is 1. The molecule has 1 aromatic rings. The Morgan fingerprint density at radius 1 is 1.35 bits per heavy atom. The maximum absolute atomic E-state index is 14.0. The number of ether oxygens (including phenoxy) is 1. The first-order valence-electron chi connectivity index (χ1n) is 6.71. The summed E-state index contributed by atoms with van der Waals surface area (Å²) < 4.78 is 46.1. The molecule has 0 radical (unpaired) electrons. The van der Waals surface area contributed by atoms with Crippen molar-refractivity contribution in [1.29, 1.82) is 0 Å². The molecule has 112 valence electrons. The van der Waals surface area contributed by atoms with Gasteiger partial charge in [0.1, 0.15) is 0 Å². The van der Waals surface area contributed by atoms with Gasteiger partial charge in [-0.3, -0.25) is 0 Å². The summed E-state index contributed by atoms with van der Waals surface area (Å²) in [6, 6.07) is 1.80. The van der Waals surface area contributed by atoms with Gasteiger partial charge in [0.15, 0.2) is 17.5 Å². The Bertz CT molecular complexity index is 452. The number of thioether (sulfide) groups is 1. The van der Waals surface area contributed by atoms with E-state index in [0.717, 1.165) is 18.2 Å². The van der Waals surface area contributed by atoms with Crippen molar-refractivity contribution in [3.63, 3.8) is 0 Å². The van der Waals surface area contributed by atoms with Gasteiger partial charge in [0.05, 0.1) is 18.8 Å². The SMILES string of the molecule is CCCNC(c1ccc(F)c(F)c1F)C1CSCCO1. The quantitative estimate of drug-likeness (QED) is 0.844. The van der Waals surface area contributed by atoms with E-state index in [4.69, 9.17) is 4.74 Å². The first-order valence-corrected chi connectivity index (χ1v) is 7.86. The Morgan fingerprint density at radius 3 is 2.80 bits per heavy atom. The summed E-state index contributed by atoms with van der Waals surface area (Å²) in [7, 11) is 0. The van der Waals surface area contributed by atoms with Gasteiger partial charge in [-0.2, -0.15) is 11.8 Å². The maximum Gasteiger partial charge on any atom is 0.194 e. The summed E-state index contributed by atoms with van der Waals surface area (Å²) in [5.74, 6) is -2.11. The summed E-state index contributed by atoms with van der Waals surface area (Å²) >= 11 is 1.72. The molecule has 0 spiro atoms. The van der Waals surface area contributed by atoms with E-state index in [9.17, 15) is 13.2 Å². The zero-order valence-corrected chi connectivity index (χ0v) is 12.1. The van der Waals surface area contributed by atoms with Crippen molar-refractivity contribution < 1.29 is 17.9 Å². The zero-order valence-electron chi connectivity index (χ0n) is 11.3. The summed E-state index contributed by atoms with van der Waals surface area (Å²) in [5.41, 5.74) is 0.129. The van der Waals surface area contributed by atoms with E-state index in [0.29, 0.717) is 18.9 Å². The van der Waals surface area contributed by atoms with Gasteiger partial charge in [0.25, 0.3) is 0 Å². The van der Waals surface area contributed by atoms with Crippen LogP contribution in [0.15, 0.2) is 12.1 Å². The second kappa shape index (κ2) is 7.33. The molecule has 0 aromatic heterocycles. The Labute approximate surface area is 121 Å². The highest BCUT2D eigenvalue weighted by atomic mass is 32.2. The normalized spacial score (nSPS) is 20.9. The van der Waals surface area contributed by atoms with Gasteiger partial charge in [0.2, 0.25) is 0 Å². The van der Waals surface area contributed by atoms with Crippen molar-refractivity contribution in [1.82, 2.24) is 5.32 Å². The standard InChI is InChI=1S/C14H18F3NOS/c1-2-5-18-14(11-8-20-7-6-19-11)9-3-4-10(15)13(17)12(9)16/h3-4,11,14,18H,2,5-8H2,1H3. The zero-order chi connectivity index (χ0) is 14.5. The molecule has 1 aromatic carbocycles. The lowest BCUT2D eigenvalue weighted by atomic mass is 10.0. The lowest BCUT2D eigenvalue weighted by Gasteiger charge is -2.31. The van der Waals surface area contributed by atoms with Crippen molar-refractivity contribution in [2.45, 2.75) is 25.5 Å². The molecule has 0 aliphatic carbocycles.